The van der Waals surface area contributed by atoms with Gasteiger partial charge in [-0.25, -0.2) is 0 Å². The van der Waals surface area contributed by atoms with Crippen LogP contribution < -0.4 is 10.6 Å². The van der Waals surface area contributed by atoms with Crippen LogP contribution in [0.5, 0.6) is 0 Å². The zero-order valence-electron chi connectivity index (χ0n) is 9.46. The van der Waals surface area contributed by atoms with E-state index in [1.165, 1.54) is 0 Å². The lowest BCUT2D eigenvalue weighted by Gasteiger charge is -2.42. The molecular formula is C10H16N4O2. The van der Waals surface area contributed by atoms with Gasteiger partial charge in [0.05, 0.1) is 31.1 Å². The number of rotatable bonds is 4. The number of nitrogens with zero attached hydrogens (tertiary/aromatic N) is 3. The molecule has 88 valence electrons. The minimum absolute atomic E-state index is 0.0428. The van der Waals surface area contributed by atoms with Gasteiger partial charge in [-0.2, -0.15) is 5.10 Å². The molecule has 1 aromatic rings. The van der Waals surface area contributed by atoms with Crippen molar-refractivity contribution in [2.75, 3.05) is 18.6 Å². The molecule has 16 heavy (non-hydrogen) atoms. The van der Waals surface area contributed by atoms with Crippen molar-refractivity contribution < 1.29 is 9.53 Å². The third-order valence-electron chi connectivity index (χ3n) is 2.87. The van der Waals surface area contributed by atoms with E-state index >= 15 is 0 Å². The predicted molar refractivity (Wildman–Crippen MR) is 59.0 cm³/mol. The monoisotopic (exact) mass is 224 g/mol. The number of carbonyl (C=O) groups excluding carboxylic acids is 1. The van der Waals surface area contributed by atoms with Gasteiger partial charge in [-0.1, -0.05) is 0 Å². The molecule has 1 saturated heterocycles. The number of methoxy groups -OCH3 is 1. The second-order valence-corrected chi connectivity index (χ2v) is 3.93. The summed E-state index contributed by atoms with van der Waals surface area (Å²) in [6.45, 7) is 3.21. The Morgan fingerprint density at radius 2 is 2.38 bits per heavy atom. The third kappa shape index (κ3) is 1.70. The summed E-state index contributed by atoms with van der Waals surface area (Å²) in [4.78, 5) is 13.2. The van der Waals surface area contributed by atoms with Gasteiger partial charge in [-0.15, -0.1) is 0 Å². The summed E-state index contributed by atoms with van der Waals surface area (Å²) >= 11 is 0. The number of nitrogens with two attached hydrogens (primary N) is 1. The van der Waals surface area contributed by atoms with E-state index in [2.05, 4.69) is 5.10 Å². The molecule has 2 heterocycles. The van der Waals surface area contributed by atoms with Crippen molar-refractivity contribution in [1.29, 1.82) is 0 Å². The van der Waals surface area contributed by atoms with Crippen molar-refractivity contribution in [2.45, 2.75) is 25.6 Å². The van der Waals surface area contributed by atoms with Gasteiger partial charge in [0.2, 0.25) is 5.91 Å². The molecular weight excluding hydrogens is 208 g/mol. The largest absolute Gasteiger partial charge is 0.383 e. The standard InChI is InChI=1S/C10H16N4O2/c1-7-9(11)10(15)14(7)8-5-12-13(6-8)3-4-16-2/h5-7,9H,3-4,11H2,1-2H3/t7-,9-/m0/s1. The van der Waals surface area contributed by atoms with Gasteiger partial charge in [0.25, 0.3) is 0 Å². The molecule has 1 aromatic heterocycles. The summed E-state index contributed by atoms with van der Waals surface area (Å²) in [6, 6.07) is -0.324. The van der Waals surface area contributed by atoms with E-state index in [0.717, 1.165) is 5.69 Å². The van der Waals surface area contributed by atoms with Crippen LogP contribution in [0.25, 0.3) is 0 Å². The van der Waals surface area contributed by atoms with Gasteiger partial charge in [0, 0.05) is 13.3 Å². The topological polar surface area (TPSA) is 73.4 Å². The van der Waals surface area contributed by atoms with Gasteiger partial charge >= 0.3 is 0 Å². The second kappa shape index (κ2) is 4.23. The molecule has 6 nitrogen and oxygen atoms in total. The zero-order chi connectivity index (χ0) is 11.7. The molecule has 2 atom stereocenters. The van der Waals surface area contributed by atoms with Crippen LogP contribution >= 0.6 is 0 Å². The smallest absolute Gasteiger partial charge is 0.246 e. The normalized spacial score (nSPS) is 24.7. The molecule has 0 saturated carbocycles. The quantitative estimate of drug-likeness (QED) is 0.706. The van der Waals surface area contributed by atoms with E-state index < -0.39 is 0 Å². The first kappa shape index (κ1) is 11.1. The average Bonchev–Trinajstić information content (AvgIpc) is 2.74. The number of anilines is 1. The summed E-state index contributed by atoms with van der Waals surface area (Å²) in [7, 11) is 1.64. The van der Waals surface area contributed by atoms with E-state index in [1.54, 1.807) is 22.9 Å². The third-order valence-corrected chi connectivity index (χ3v) is 2.87. The molecule has 0 aromatic carbocycles. The Balaban J connectivity index is 2.05. The average molecular weight is 224 g/mol. The number of hydrogen-bond donors (Lipinski definition) is 1. The minimum atomic E-state index is -0.373. The van der Waals surface area contributed by atoms with Crippen LogP contribution in [0.2, 0.25) is 0 Å². The van der Waals surface area contributed by atoms with Crippen LogP contribution in [-0.4, -0.2) is 41.5 Å². The Labute approximate surface area is 94.0 Å². The highest BCUT2D eigenvalue weighted by Crippen LogP contribution is 2.26. The summed E-state index contributed by atoms with van der Waals surface area (Å²) in [5.74, 6) is -0.0428. The number of amides is 1. The molecule has 0 bridgehead atoms. The van der Waals surface area contributed by atoms with Gasteiger partial charge in [-0.05, 0) is 6.92 Å². The molecule has 2 rings (SSSR count). The van der Waals surface area contributed by atoms with E-state index in [-0.39, 0.29) is 18.0 Å². The van der Waals surface area contributed by atoms with Crippen LogP contribution in [0.1, 0.15) is 6.92 Å². The lowest BCUT2D eigenvalue weighted by Crippen LogP contribution is -2.67. The van der Waals surface area contributed by atoms with Crippen molar-refractivity contribution in [3.8, 4) is 0 Å². The van der Waals surface area contributed by atoms with E-state index in [0.29, 0.717) is 13.2 Å². The van der Waals surface area contributed by atoms with Gasteiger partial charge in [0.15, 0.2) is 0 Å². The fourth-order valence-corrected chi connectivity index (χ4v) is 1.79. The number of ether oxygens (including phenoxy) is 1. The first-order valence-electron chi connectivity index (χ1n) is 5.25. The Morgan fingerprint density at radius 1 is 1.62 bits per heavy atom. The van der Waals surface area contributed by atoms with E-state index in [1.807, 2.05) is 13.1 Å². The van der Waals surface area contributed by atoms with Crippen molar-refractivity contribution in [3.05, 3.63) is 12.4 Å². The molecule has 0 unspecified atom stereocenters. The van der Waals surface area contributed by atoms with Crippen molar-refractivity contribution in [3.63, 3.8) is 0 Å². The van der Waals surface area contributed by atoms with Crippen LogP contribution in [0.4, 0.5) is 5.69 Å². The molecule has 2 N–H and O–H groups in total. The number of carbonyl (C=O) groups is 1. The second-order valence-electron chi connectivity index (χ2n) is 3.93. The number of aromatic nitrogens is 2. The number of β-lactam (4-membered cyclic amide) rings is 1. The maximum absolute atomic E-state index is 11.5. The molecule has 6 heteroatoms. The lowest BCUT2D eigenvalue weighted by atomic mass is 9.97. The highest BCUT2D eigenvalue weighted by Gasteiger charge is 2.43. The summed E-state index contributed by atoms with van der Waals surface area (Å²) in [6.07, 6.45) is 3.51. The SMILES string of the molecule is COCCn1cc(N2C(=O)[C@@H](N)[C@@H]2C)cn1. The molecule has 1 fully saturated rings. The Hall–Kier alpha value is -1.40. The Morgan fingerprint density at radius 3 is 3.00 bits per heavy atom. The zero-order valence-corrected chi connectivity index (χ0v) is 9.46. The minimum Gasteiger partial charge on any atom is -0.383 e. The summed E-state index contributed by atoms with van der Waals surface area (Å²) < 4.78 is 6.71. The van der Waals surface area contributed by atoms with Crippen molar-refractivity contribution in [1.82, 2.24) is 9.78 Å². The van der Waals surface area contributed by atoms with Gasteiger partial charge in [0.1, 0.15) is 6.04 Å². The molecule has 1 amide bonds. The molecule has 1 aliphatic rings. The fraction of sp³-hybridized carbons (Fsp3) is 0.600. The maximum atomic E-state index is 11.5. The first-order valence-corrected chi connectivity index (χ1v) is 5.25. The first-order chi connectivity index (χ1) is 7.65. The van der Waals surface area contributed by atoms with E-state index in [4.69, 9.17) is 10.5 Å². The van der Waals surface area contributed by atoms with E-state index in [9.17, 15) is 4.79 Å². The maximum Gasteiger partial charge on any atom is 0.246 e. The van der Waals surface area contributed by atoms with Crippen LogP contribution in [0.3, 0.4) is 0 Å². The van der Waals surface area contributed by atoms with Crippen LogP contribution in [-0.2, 0) is 16.1 Å². The van der Waals surface area contributed by atoms with Gasteiger partial charge < -0.3 is 15.4 Å². The summed E-state index contributed by atoms with van der Waals surface area (Å²) in [5, 5.41) is 4.15. The lowest BCUT2D eigenvalue weighted by molar-refractivity contribution is -0.125. The summed E-state index contributed by atoms with van der Waals surface area (Å²) in [5.41, 5.74) is 6.44. The Kier molecular flexibility index (Phi) is 2.93. The molecule has 0 radical (unpaired) electrons. The Bertz CT molecular complexity index is 390. The molecule has 1 aliphatic heterocycles. The predicted octanol–water partition coefficient (Wildman–Crippen LogP) is -0.408. The van der Waals surface area contributed by atoms with Crippen LogP contribution in [0.15, 0.2) is 12.4 Å². The highest BCUT2D eigenvalue weighted by molar-refractivity contribution is 6.05. The molecule has 0 spiro atoms. The van der Waals surface area contributed by atoms with Crippen molar-refractivity contribution in [2.24, 2.45) is 5.73 Å². The fourth-order valence-electron chi connectivity index (χ4n) is 1.79. The highest BCUT2D eigenvalue weighted by atomic mass is 16.5. The van der Waals surface area contributed by atoms with Crippen LogP contribution in [0, 0.1) is 0 Å². The molecule has 0 aliphatic carbocycles. The van der Waals surface area contributed by atoms with Crippen molar-refractivity contribution >= 4 is 11.6 Å². The van der Waals surface area contributed by atoms with Gasteiger partial charge in [-0.3, -0.25) is 9.48 Å². The number of hydrogen-bond acceptors (Lipinski definition) is 4.